The third kappa shape index (κ3) is 4.75. The molecule has 1 aliphatic rings. The lowest BCUT2D eigenvalue weighted by Crippen LogP contribution is -2.10. The fourth-order valence-electron chi connectivity index (χ4n) is 3.27. The normalized spacial score (nSPS) is 13.8. The summed E-state index contributed by atoms with van der Waals surface area (Å²) in [6.45, 7) is 0. The Labute approximate surface area is 196 Å². The number of cyclic esters (lactones) is 1. The van der Waals surface area contributed by atoms with Crippen molar-refractivity contribution >= 4 is 23.9 Å². The minimum Gasteiger partial charge on any atom is -0.497 e. The van der Waals surface area contributed by atoms with Gasteiger partial charge < -0.3 is 23.7 Å². The summed E-state index contributed by atoms with van der Waals surface area (Å²) in [5, 5.41) is 0. The second kappa shape index (κ2) is 9.91. The number of hydrogen-bond acceptors (Lipinski definition) is 8. The molecule has 0 aromatic heterocycles. The van der Waals surface area contributed by atoms with Crippen LogP contribution in [0.2, 0.25) is 0 Å². The van der Waals surface area contributed by atoms with Crippen LogP contribution in [-0.4, -0.2) is 39.2 Å². The van der Waals surface area contributed by atoms with Crippen molar-refractivity contribution in [3.05, 3.63) is 89.1 Å². The van der Waals surface area contributed by atoms with Crippen LogP contribution in [0.15, 0.2) is 77.4 Å². The highest BCUT2D eigenvalue weighted by Crippen LogP contribution is 2.31. The van der Waals surface area contributed by atoms with Crippen molar-refractivity contribution in [3.8, 4) is 23.0 Å². The van der Waals surface area contributed by atoms with Gasteiger partial charge in [0.15, 0.2) is 17.2 Å². The lowest BCUT2D eigenvalue weighted by Gasteiger charge is -2.11. The summed E-state index contributed by atoms with van der Waals surface area (Å²) in [5.74, 6) is 0.562. The van der Waals surface area contributed by atoms with Gasteiger partial charge in [-0.25, -0.2) is 14.6 Å². The van der Waals surface area contributed by atoms with E-state index in [4.69, 9.17) is 23.7 Å². The minimum absolute atomic E-state index is 0.124. The largest absolute Gasteiger partial charge is 0.497 e. The van der Waals surface area contributed by atoms with Crippen LogP contribution >= 0.6 is 0 Å². The number of methoxy groups -OCH3 is 3. The van der Waals surface area contributed by atoms with Crippen LogP contribution in [-0.2, 0) is 9.53 Å². The summed E-state index contributed by atoms with van der Waals surface area (Å²) < 4.78 is 26.6. The monoisotopic (exact) mass is 459 g/mol. The van der Waals surface area contributed by atoms with E-state index in [1.54, 1.807) is 79.9 Å². The van der Waals surface area contributed by atoms with E-state index >= 15 is 0 Å². The molecule has 0 fully saturated rings. The van der Waals surface area contributed by atoms with E-state index in [9.17, 15) is 9.59 Å². The zero-order chi connectivity index (χ0) is 24.1. The molecule has 3 aromatic rings. The molecule has 1 heterocycles. The van der Waals surface area contributed by atoms with Crippen molar-refractivity contribution in [2.45, 2.75) is 0 Å². The van der Waals surface area contributed by atoms with Crippen LogP contribution in [0.1, 0.15) is 21.5 Å². The molecule has 0 bridgehead atoms. The summed E-state index contributed by atoms with van der Waals surface area (Å²) in [6.07, 6.45) is 1.56. The standard InChI is InChI=1S/C26H21NO7/c1-30-18-8-6-7-17(15-18)24-27-20(26(29)34-24)13-16-11-12-22(23(14-16)32-3)33-25(28)19-9-4-5-10-21(19)31-2/h4-15H,1-3H3. The Morgan fingerprint density at radius 1 is 0.853 bits per heavy atom. The van der Waals surface area contributed by atoms with Crippen molar-refractivity contribution in [2.24, 2.45) is 4.99 Å². The lowest BCUT2D eigenvalue weighted by atomic mass is 10.1. The highest BCUT2D eigenvalue weighted by Gasteiger charge is 2.25. The number of rotatable bonds is 7. The number of carbonyl (C=O) groups is 2. The molecule has 8 nitrogen and oxygen atoms in total. The van der Waals surface area contributed by atoms with Crippen LogP contribution in [0.25, 0.3) is 6.08 Å². The van der Waals surface area contributed by atoms with E-state index < -0.39 is 11.9 Å². The summed E-state index contributed by atoms with van der Waals surface area (Å²) in [6, 6.07) is 18.7. The predicted octanol–water partition coefficient (Wildman–Crippen LogP) is 4.28. The Hall–Kier alpha value is -4.59. The number of nitrogens with zero attached hydrogens (tertiary/aromatic N) is 1. The molecular weight excluding hydrogens is 438 g/mol. The Morgan fingerprint density at radius 2 is 1.65 bits per heavy atom. The molecule has 0 saturated heterocycles. The molecule has 0 N–H and O–H groups in total. The van der Waals surface area contributed by atoms with Gasteiger partial charge in [-0.1, -0.05) is 24.3 Å². The molecule has 34 heavy (non-hydrogen) atoms. The zero-order valence-corrected chi connectivity index (χ0v) is 18.7. The number of benzene rings is 3. The number of aliphatic imine (C=N–C) groups is 1. The fourth-order valence-corrected chi connectivity index (χ4v) is 3.27. The SMILES string of the molecule is COc1cccc(C2=NC(=Cc3ccc(OC(=O)c4ccccc4OC)c(OC)c3)C(=O)O2)c1. The number of para-hydroxylation sites is 1. The lowest BCUT2D eigenvalue weighted by molar-refractivity contribution is -0.129. The summed E-state index contributed by atoms with van der Waals surface area (Å²) in [7, 11) is 4.48. The maximum absolute atomic E-state index is 12.6. The number of hydrogen-bond donors (Lipinski definition) is 0. The molecule has 0 atom stereocenters. The van der Waals surface area contributed by atoms with Gasteiger partial charge in [-0.05, 0) is 54.1 Å². The van der Waals surface area contributed by atoms with Crippen molar-refractivity contribution in [1.29, 1.82) is 0 Å². The molecule has 0 aliphatic carbocycles. The van der Waals surface area contributed by atoms with E-state index in [0.29, 0.717) is 28.4 Å². The van der Waals surface area contributed by atoms with E-state index in [2.05, 4.69) is 4.99 Å². The van der Waals surface area contributed by atoms with E-state index in [0.717, 1.165) is 0 Å². The predicted molar refractivity (Wildman–Crippen MR) is 125 cm³/mol. The number of ether oxygens (including phenoxy) is 5. The molecule has 3 aromatic carbocycles. The average Bonchev–Trinajstić information content (AvgIpc) is 3.24. The molecule has 8 heteroatoms. The highest BCUT2D eigenvalue weighted by molar-refractivity contribution is 6.13. The first-order valence-electron chi connectivity index (χ1n) is 10.2. The van der Waals surface area contributed by atoms with E-state index in [1.807, 2.05) is 0 Å². The number of carbonyl (C=O) groups excluding carboxylic acids is 2. The second-order valence-electron chi connectivity index (χ2n) is 7.07. The van der Waals surface area contributed by atoms with Crippen LogP contribution in [0.4, 0.5) is 0 Å². The molecule has 0 radical (unpaired) electrons. The highest BCUT2D eigenvalue weighted by atomic mass is 16.6. The first kappa shape index (κ1) is 22.6. The first-order valence-corrected chi connectivity index (χ1v) is 10.2. The quantitative estimate of drug-likeness (QED) is 0.296. The van der Waals surface area contributed by atoms with Crippen LogP contribution in [0.5, 0.6) is 23.0 Å². The van der Waals surface area contributed by atoms with Gasteiger partial charge in [-0.15, -0.1) is 0 Å². The van der Waals surface area contributed by atoms with Crippen molar-refractivity contribution in [3.63, 3.8) is 0 Å². The van der Waals surface area contributed by atoms with Crippen molar-refractivity contribution < 1.29 is 33.3 Å². The maximum atomic E-state index is 12.6. The summed E-state index contributed by atoms with van der Waals surface area (Å²) in [4.78, 5) is 29.3. The molecule has 172 valence electrons. The Bertz CT molecular complexity index is 1310. The first-order chi connectivity index (χ1) is 16.5. The Morgan fingerprint density at radius 3 is 2.41 bits per heavy atom. The molecule has 0 unspecified atom stereocenters. The van der Waals surface area contributed by atoms with Gasteiger partial charge in [0.2, 0.25) is 5.90 Å². The molecule has 1 aliphatic heterocycles. The van der Waals surface area contributed by atoms with Crippen molar-refractivity contribution in [1.82, 2.24) is 0 Å². The molecular formula is C26H21NO7. The molecule has 4 rings (SSSR count). The third-order valence-electron chi connectivity index (χ3n) is 4.96. The molecule has 0 spiro atoms. The molecule has 0 saturated carbocycles. The number of esters is 2. The fraction of sp³-hybridized carbons (Fsp3) is 0.115. The van der Waals surface area contributed by atoms with Gasteiger partial charge >= 0.3 is 11.9 Å². The average molecular weight is 459 g/mol. The summed E-state index contributed by atoms with van der Waals surface area (Å²) >= 11 is 0. The van der Waals surface area contributed by atoms with Gasteiger partial charge in [0.25, 0.3) is 0 Å². The van der Waals surface area contributed by atoms with E-state index in [-0.39, 0.29) is 22.9 Å². The zero-order valence-electron chi connectivity index (χ0n) is 18.7. The van der Waals surface area contributed by atoms with Gasteiger partial charge in [-0.2, -0.15) is 0 Å². The minimum atomic E-state index is -0.589. The topological polar surface area (TPSA) is 92.7 Å². The summed E-state index contributed by atoms with van der Waals surface area (Å²) in [5.41, 5.74) is 1.63. The van der Waals surface area contributed by atoms with Crippen LogP contribution in [0.3, 0.4) is 0 Å². The van der Waals surface area contributed by atoms with Gasteiger partial charge in [0.1, 0.15) is 17.1 Å². The van der Waals surface area contributed by atoms with Crippen molar-refractivity contribution in [2.75, 3.05) is 21.3 Å². The van der Waals surface area contributed by atoms with E-state index in [1.165, 1.54) is 14.2 Å². The van der Waals surface area contributed by atoms with Gasteiger partial charge in [0, 0.05) is 5.56 Å². The smallest absolute Gasteiger partial charge is 0.363 e. The Balaban J connectivity index is 1.58. The van der Waals surface area contributed by atoms with Gasteiger partial charge in [-0.3, -0.25) is 0 Å². The third-order valence-corrected chi connectivity index (χ3v) is 4.96. The second-order valence-corrected chi connectivity index (χ2v) is 7.07. The molecule has 0 amide bonds. The Kier molecular flexibility index (Phi) is 6.59. The van der Waals surface area contributed by atoms with Crippen LogP contribution in [0, 0.1) is 0 Å². The van der Waals surface area contributed by atoms with Crippen LogP contribution < -0.4 is 18.9 Å². The van der Waals surface area contributed by atoms with Gasteiger partial charge in [0.05, 0.1) is 21.3 Å². The maximum Gasteiger partial charge on any atom is 0.363 e.